The molecule has 5 heterocycles. The second-order valence-corrected chi connectivity index (χ2v) is 11.6. The van der Waals surface area contributed by atoms with Crippen molar-refractivity contribution in [2.75, 3.05) is 19.6 Å². The molecular weight excluding hydrogens is 486 g/mol. The third-order valence-electron chi connectivity index (χ3n) is 6.92. The minimum atomic E-state index is -0.701. The van der Waals surface area contributed by atoms with Crippen LogP contribution < -0.4 is 5.32 Å². The van der Waals surface area contributed by atoms with Gasteiger partial charge in [-0.1, -0.05) is 11.6 Å². The van der Waals surface area contributed by atoms with E-state index in [-0.39, 0.29) is 30.6 Å². The summed E-state index contributed by atoms with van der Waals surface area (Å²) in [6.07, 6.45) is 5.01. The summed E-state index contributed by atoms with van der Waals surface area (Å²) in [6.45, 7) is 11.7. The normalized spacial score (nSPS) is 30.1. The molecule has 198 valence electrons. The van der Waals surface area contributed by atoms with Gasteiger partial charge in [0.05, 0.1) is 5.39 Å². The number of fused-ring (bicyclic) bond motifs is 2. The molecule has 1 amide bonds. The topological polar surface area (TPSA) is 100.0 Å². The molecule has 0 aromatic carbocycles. The van der Waals surface area contributed by atoms with E-state index in [2.05, 4.69) is 20.2 Å². The number of alkyl carbamates (subject to hydrolysis) is 1. The van der Waals surface area contributed by atoms with Crippen LogP contribution in [0.15, 0.2) is 18.6 Å². The molecule has 2 aromatic rings. The van der Waals surface area contributed by atoms with Crippen LogP contribution in [0.2, 0.25) is 5.15 Å². The van der Waals surface area contributed by atoms with Gasteiger partial charge in [0.15, 0.2) is 12.0 Å². The second-order valence-electron chi connectivity index (χ2n) is 11.3. The van der Waals surface area contributed by atoms with Gasteiger partial charge in [0.2, 0.25) is 0 Å². The number of likely N-dealkylation sites (tertiary alicyclic amines) is 1. The molecule has 3 aliphatic heterocycles. The van der Waals surface area contributed by atoms with Crippen LogP contribution in [0.25, 0.3) is 11.0 Å². The minimum Gasteiger partial charge on any atom is -0.444 e. The maximum Gasteiger partial charge on any atom is 0.407 e. The van der Waals surface area contributed by atoms with Crippen molar-refractivity contribution in [1.29, 1.82) is 0 Å². The van der Waals surface area contributed by atoms with Crippen LogP contribution in [0, 0.1) is 0 Å². The van der Waals surface area contributed by atoms with Gasteiger partial charge < -0.3 is 28.8 Å². The Balaban J connectivity index is 1.26. The number of halogens is 1. The summed E-state index contributed by atoms with van der Waals surface area (Å²) in [5.74, 6) is -0.701. The maximum absolute atomic E-state index is 12.0. The first kappa shape index (κ1) is 25.7. The Morgan fingerprint density at radius 1 is 1.28 bits per heavy atom. The number of hydrogen-bond acceptors (Lipinski definition) is 8. The van der Waals surface area contributed by atoms with Crippen LogP contribution in [0.3, 0.4) is 0 Å². The number of aromatic nitrogens is 3. The van der Waals surface area contributed by atoms with Gasteiger partial charge in [0, 0.05) is 25.3 Å². The molecular formula is C25H36ClN5O5. The molecule has 0 saturated carbocycles. The van der Waals surface area contributed by atoms with Gasteiger partial charge in [-0.15, -0.1) is 0 Å². The number of nitrogens with zero attached hydrogens (tertiary/aromatic N) is 4. The third-order valence-corrected chi connectivity index (χ3v) is 7.22. The Morgan fingerprint density at radius 2 is 2.06 bits per heavy atom. The molecule has 0 aliphatic carbocycles. The lowest BCUT2D eigenvalue weighted by atomic mass is 10.1. The Kier molecular flexibility index (Phi) is 6.93. The van der Waals surface area contributed by atoms with Crippen LogP contribution >= 0.6 is 11.6 Å². The fourth-order valence-corrected chi connectivity index (χ4v) is 5.72. The number of ether oxygens (including phenoxy) is 4. The summed E-state index contributed by atoms with van der Waals surface area (Å²) in [4.78, 5) is 23.0. The number of rotatable bonds is 6. The number of hydrogen-bond donors (Lipinski definition) is 1. The predicted octanol–water partition coefficient (Wildman–Crippen LogP) is 3.88. The van der Waals surface area contributed by atoms with E-state index in [1.165, 1.54) is 6.33 Å². The molecule has 2 aromatic heterocycles. The van der Waals surface area contributed by atoms with Crippen LogP contribution in [-0.4, -0.2) is 80.9 Å². The molecule has 0 radical (unpaired) electrons. The van der Waals surface area contributed by atoms with Crippen LogP contribution in [0.5, 0.6) is 0 Å². The van der Waals surface area contributed by atoms with Crippen molar-refractivity contribution < 1.29 is 23.7 Å². The van der Waals surface area contributed by atoms with Crippen LogP contribution in [0.4, 0.5) is 4.79 Å². The molecule has 10 nitrogen and oxygen atoms in total. The molecule has 3 aliphatic rings. The van der Waals surface area contributed by atoms with Crippen LogP contribution in [0.1, 0.15) is 60.1 Å². The lowest BCUT2D eigenvalue weighted by Crippen LogP contribution is -2.43. The fraction of sp³-hybridized carbons (Fsp3) is 0.720. The molecule has 3 saturated heterocycles. The monoisotopic (exact) mass is 521 g/mol. The van der Waals surface area contributed by atoms with Crippen LogP contribution in [-0.2, 0) is 18.9 Å². The van der Waals surface area contributed by atoms with E-state index < -0.39 is 11.4 Å². The van der Waals surface area contributed by atoms with Crippen molar-refractivity contribution in [2.24, 2.45) is 0 Å². The highest BCUT2D eigenvalue weighted by Crippen LogP contribution is 2.44. The summed E-state index contributed by atoms with van der Waals surface area (Å²) in [6, 6.07) is 2.26. The van der Waals surface area contributed by atoms with E-state index in [0.29, 0.717) is 23.4 Å². The Hall–Kier alpha value is -1.98. The van der Waals surface area contributed by atoms with Crippen molar-refractivity contribution in [3.63, 3.8) is 0 Å². The quantitative estimate of drug-likeness (QED) is 0.572. The van der Waals surface area contributed by atoms with E-state index in [4.69, 9.17) is 30.5 Å². The number of nitrogens with one attached hydrogen (secondary N) is 1. The largest absolute Gasteiger partial charge is 0.444 e. The van der Waals surface area contributed by atoms with Gasteiger partial charge in [0.25, 0.3) is 0 Å². The van der Waals surface area contributed by atoms with Gasteiger partial charge >= 0.3 is 6.09 Å². The Morgan fingerprint density at radius 3 is 2.83 bits per heavy atom. The molecule has 0 bridgehead atoms. The van der Waals surface area contributed by atoms with E-state index in [1.54, 1.807) is 0 Å². The molecule has 1 N–H and O–H groups in total. The van der Waals surface area contributed by atoms with Crippen molar-refractivity contribution in [2.45, 2.75) is 95.9 Å². The summed E-state index contributed by atoms with van der Waals surface area (Å²) < 4.78 is 26.6. The van der Waals surface area contributed by atoms with Crippen molar-refractivity contribution in [3.05, 3.63) is 23.7 Å². The Bertz CT molecular complexity index is 1100. The van der Waals surface area contributed by atoms with Gasteiger partial charge in [-0.05, 0) is 66.5 Å². The third kappa shape index (κ3) is 5.33. The van der Waals surface area contributed by atoms with Gasteiger partial charge in [0.1, 0.15) is 41.0 Å². The predicted molar refractivity (Wildman–Crippen MR) is 134 cm³/mol. The van der Waals surface area contributed by atoms with E-state index in [1.807, 2.05) is 51.4 Å². The molecule has 11 heteroatoms. The standard InChI is InChI=1S/C25H36ClN5O5/c1-24(2,3)36-23(32)27-10-8-15-7-6-11-30(15)13-17-18-19(35-25(4,5)34-18)22(33-17)31-12-9-16-20(26)28-14-29-21(16)31/h9,12,14-15,17-19,22H,6-8,10-11,13H2,1-5H3,(H,27,32)/t15-,17-,18-,19-,22-/m1/s1. The average molecular weight is 522 g/mol. The minimum absolute atomic E-state index is 0.170. The SMILES string of the molecule is CC(C)(C)OC(=O)NCC[C@H]1CCCN1C[C@H]1O[C@@H](n2ccc3c(Cl)ncnc32)[C@@H]2OC(C)(C)O[C@@H]21. The maximum atomic E-state index is 12.0. The van der Waals surface area contributed by atoms with Crippen molar-refractivity contribution in [3.8, 4) is 0 Å². The lowest BCUT2D eigenvalue weighted by molar-refractivity contribution is -0.198. The first-order chi connectivity index (χ1) is 17.0. The first-order valence-corrected chi connectivity index (χ1v) is 13.1. The molecule has 5 rings (SSSR count). The van der Waals surface area contributed by atoms with Gasteiger partial charge in [-0.3, -0.25) is 4.90 Å². The number of carbonyl (C=O) groups is 1. The highest BCUT2D eigenvalue weighted by Gasteiger charge is 2.56. The first-order valence-electron chi connectivity index (χ1n) is 12.7. The van der Waals surface area contributed by atoms with Crippen molar-refractivity contribution in [1.82, 2.24) is 24.8 Å². The average Bonchev–Trinajstić information content (AvgIpc) is 3.52. The zero-order valence-electron chi connectivity index (χ0n) is 21.6. The number of amides is 1. The van der Waals surface area contributed by atoms with Gasteiger partial charge in [-0.2, -0.15) is 0 Å². The molecule has 0 unspecified atom stereocenters. The lowest BCUT2D eigenvalue weighted by Gasteiger charge is -2.30. The molecule has 36 heavy (non-hydrogen) atoms. The van der Waals surface area contributed by atoms with E-state index in [0.717, 1.165) is 37.7 Å². The van der Waals surface area contributed by atoms with Gasteiger partial charge in [-0.25, -0.2) is 14.8 Å². The fourth-order valence-electron chi connectivity index (χ4n) is 5.52. The highest BCUT2D eigenvalue weighted by atomic mass is 35.5. The van der Waals surface area contributed by atoms with E-state index in [9.17, 15) is 4.79 Å². The van der Waals surface area contributed by atoms with E-state index >= 15 is 0 Å². The highest BCUT2D eigenvalue weighted by molar-refractivity contribution is 6.33. The zero-order valence-corrected chi connectivity index (χ0v) is 22.3. The molecule has 5 atom stereocenters. The smallest absolute Gasteiger partial charge is 0.407 e. The molecule has 0 spiro atoms. The summed E-state index contributed by atoms with van der Waals surface area (Å²) in [5.41, 5.74) is 0.204. The second kappa shape index (κ2) is 9.72. The zero-order chi connectivity index (χ0) is 25.7. The number of carbonyl (C=O) groups excluding carboxylic acids is 1. The molecule has 3 fully saturated rings. The van der Waals surface area contributed by atoms with Crippen molar-refractivity contribution >= 4 is 28.7 Å². The summed E-state index contributed by atoms with van der Waals surface area (Å²) in [7, 11) is 0. The Labute approximate surface area is 216 Å². The summed E-state index contributed by atoms with van der Waals surface area (Å²) >= 11 is 6.28. The summed E-state index contributed by atoms with van der Waals surface area (Å²) in [5, 5.41) is 4.07.